The van der Waals surface area contributed by atoms with E-state index in [-0.39, 0.29) is 23.5 Å². The predicted octanol–water partition coefficient (Wildman–Crippen LogP) is 6.39. The molecular formula is C38H38N8O7S3. The Kier molecular flexibility index (Phi) is 14.1. The highest BCUT2D eigenvalue weighted by Crippen LogP contribution is 2.22. The van der Waals surface area contributed by atoms with E-state index in [4.69, 9.17) is 21.1 Å². The number of ether oxygens (including phenoxy) is 1. The molecular weight excluding hydrogens is 777 g/mol. The number of carbonyl (C=O) groups is 2. The highest BCUT2D eigenvalue weighted by Gasteiger charge is 2.29. The summed E-state index contributed by atoms with van der Waals surface area (Å²) in [6.45, 7) is 3.91. The molecule has 0 saturated carbocycles. The summed E-state index contributed by atoms with van der Waals surface area (Å²) in [5, 5.41) is 12.9. The summed E-state index contributed by atoms with van der Waals surface area (Å²) in [5.41, 5.74) is 5.79. The number of hydrogen-bond donors (Lipinski definition) is 6. The molecule has 0 aliphatic heterocycles. The van der Waals surface area contributed by atoms with Gasteiger partial charge in [0, 0.05) is 23.9 Å². The van der Waals surface area contributed by atoms with Crippen molar-refractivity contribution in [3.05, 3.63) is 137 Å². The summed E-state index contributed by atoms with van der Waals surface area (Å²) in [5.74, 6) is -0.669. The van der Waals surface area contributed by atoms with Crippen LogP contribution in [-0.2, 0) is 26.1 Å². The fourth-order valence-corrected chi connectivity index (χ4v) is 6.32. The second-order valence-electron chi connectivity index (χ2n) is 11.9. The number of sulfonamides is 1. The van der Waals surface area contributed by atoms with Crippen LogP contribution in [0.5, 0.6) is 11.5 Å². The fraction of sp³-hybridized carbons (Fsp3) is 0.132. The van der Waals surface area contributed by atoms with Gasteiger partial charge in [0.2, 0.25) is 21.9 Å². The van der Waals surface area contributed by atoms with Crippen molar-refractivity contribution in [1.82, 2.24) is 30.7 Å². The van der Waals surface area contributed by atoms with E-state index in [0.29, 0.717) is 16.2 Å². The minimum absolute atomic E-state index is 0.150. The first kappa shape index (κ1) is 40.8. The highest BCUT2D eigenvalue weighted by molar-refractivity contribution is 7.92. The molecule has 0 spiro atoms. The van der Waals surface area contributed by atoms with Gasteiger partial charge in [-0.2, -0.15) is 19.6 Å². The summed E-state index contributed by atoms with van der Waals surface area (Å²) >= 11 is 2.99. The van der Waals surface area contributed by atoms with Crippen LogP contribution in [0.3, 0.4) is 0 Å². The second-order valence-corrected chi connectivity index (χ2v) is 14.9. The zero-order valence-electron chi connectivity index (χ0n) is 30.3. The molecule has 0 bridgehead atoms. The lowest BCUT2D eigenvalue weighted by molar-refractivity contribution is -0.125. The number of H-pyrrole nitrogens is 3. The smallest absolute Gasteiger partial charge is 0.316 e. The Morgan fingerprint density at radius 3 is 2.00 bits per heavy atom. The van der Waals surface area contributed by atoms with Gasteiger partial charge in [-0.3, -0.25) is 19.0 Å². The molecule has 0 radical (unpaired) electrons. The Bertz CT molecular complexity index is 2520. The summed E-state index contributed by atoms with van der Waals surface area (Å²) in [6.07, 6.45) is -0.503. The highest BCUT2D eigenvalue weighted by atomic mass is 32.2. The Balaban J connectivity index is 0.000000250. The third kappa shape index (κ3) is 12.3. The summed E-state index contributed by atoms with van der Waals surface area (Å²) in [4.78, 5) is 31.9. The largest absolute Gasteiger partial charge is 0.472 e. The van der Waals surface area contributed by atoms with Crippen molar-refractivity contribution >= 4 is 78.6 Å². The average Bonchev–Trinajstić information content (AvgIpc) is 3.81. The Hall–Kier alpha value is -6.37. The molecule has 18 heteroatoms. The maximum absolute atomic E-state index is 13.1. The van der Waals surface area contributed by atoms with Crippen LogP contribution < -0.4 is 23.7 Å². The van der Waals surface area contributed by atoms with E-state index in [9.17, 15) is 22.2 Å². The van der Waals surface area contributed by atoms with Gasteiger partial charge in [-0.1, -0.05) is 48.0 Å². The minimum atomic E-state index is -3.48. The van der Waals surface area contributed by atoms with Crippen molar-refractivity contribution in [3.63, 3.8) is 0 Å². The van der Waals surface area contributed by atoms with Gasteiger partial charge >= 0.3 is 11.3 Å². The number of aromatic amines is 3. The zero-order valence-corrected chi connectivity index (χ0v) is 32.8. The number of aryl methyl sites for hydroxylation is 1. The van der Waals surface area contributed by atoms with E-state index in [2.05, 4.69) is 40.1 Å². The Morgan fingerprint density at radius 2 is 1.41 bits per heavy atom. The molecule has 7 aromatic rings. The summed E-state index contributed by atoms with van der Waals surface area (Å²) in [7, 11) is -3.48. The van der Waals surface area contributed by atoms with Crippen LogP contribution in [0.2, 0.25) is 0 Å². The second kappa shape index (κ2) is 19.3. The van der Waals surface area contributed by atoms with Crippen molar-refractivity contribution in [1.29, 1.82) is 0 Å². The van der Waals surface area contributed by atoms with Crippen molar-refractivity contribution in [2.75, 3.05) is 22.2 Å². The number of ketones is 1. The maximum atomic E-state index is 13.1. The lowest BCUT2D eigenvalue weighted by atomic mass is 10.0. The van der Waals surface area contributed by atoms with E-state index in [1.54, 1.807) is 37.3 Å². The topological polar surface area (TPSA) is 213 Å². The van der Waals surface area contributed by atoms with Gasteiger partial charge in [0.05, 0.1) is 23.0 Å². The summed E-state index contributed by atoms with van der Waals surface area (Å²) < 4.78 is 52.0. The fourth-order valence-electron chi connectivity index (χ4n) is 4.89. The number of nitrogens with one attached hydrogen (secondary N) is 6. The maximum Gasteiger partial charge on any atom is 0.316 e. The molecule has 6 N–H and O–H groups in total. The molecule has 2 heterocycles. The van der Waals surface area contributed by atoms with Crippen LogP contribution in [0, 0.1) is 11.7 Å². The van der Waals surface area contributed by atoms with E-state index in [0.717, 1.165) is 33.9 Å². The van der Waals surface area contributed by atoms with Gasteiger partial charge in [-0.15, -0.1) is 0 Å². The normalized spacial score (nSPS) is 11.8. The van der Waals surface area contributed by atoms with Crippen LogP contribution in [0.15, 0.2) is 121 Å². The number of nitrogens with zero attached hydrogens (tertiary/aromatic N) is 2. The number of likely N-dealkylation sites (N-methyl/N-ethyl adjacent to an activating group) is 1. The number of fused-ring (bicyclic) bond motifs is 2. The quantitative estimate of drug-likeness (QED) is 0.0455. The number of rotatable bonds is 12. The number of imidazole rings is 1. The summed E-state index contributed by atoms with van der Waals surface area (Å²) in [6, 6.07) is 34.6. The number of carbonyl (C=O) groups excluding carboxylic acids is 2. The van der Waals surface area contributed by atoms with Crippen LogP contribution in [-0.4, -0.2) is 68.6 Å². The standard InChI is InChI=1S/C25H27N3O7S2.C7H6N2S.C6H5N3/c1-4-26-25(30)24(23(29)18-10-12-19(13-11-18)28-37(3,32)33)34-22-7-5-6-20(16-22)27-36(31)35-21-14-8-17(2)9-15-21;10-7-8-5-3-1-2-4-6(5)9-7;1-2-4-6-5(3-1)7-9-8-6/h5-16,24,27-28H,4H2,1-3H3,(H,26,30);1-4H,(H2,8,9,10);1-4H,(H,7,8,9). The number of aromatic nitrogens is 5. The van der Waals surface area contributed by atoms with Gasteiger partial charge in [0.1, 0.15) is 22.5 Å². The van der Waals surface area contributed by atoms with Gasteiger partial charge < -0.3 is 24.2 Å². The molecule has 0 fully saturated rings. The van der Waals surface area contributed by atoms with Crippen LogP contribution in [0.25, 0.3) is 22.1 Å². The molecule has 290 valence electrons. The first-order chi connectivity index (χ1) is 26.9. The van der Waals surface area contributed by atoms with Crippen molar-refractivity contribution in [2.45, 2.75) is 20.0 Å². The van der Waals surface area contributed by atoms with Crippen LogP contribution in [0.1, 0.15) is 22.8 Å². The number of para-hydroxylation sites is 4. The first-order valence-corrected chi connectivity index (χ1v) is 20.3. The Morgan fingerprint density at radius 1 is 0.804 bits per heavy atom. The third-order valence-electron chi connectivity index (χ3n) is 7.43. The van der Waals surface area contributed by atoms with Gasteiger partial charge in [0.15, 0.2) is 4.77 Å². The Labute approximate surface area is 330 Å². The molecule has 5 aromatic carbocycles. The minimum Gasteiger partial charge on any atom is -0.472 e. The van der Waals surface area contributed by atoms with Gasteiger partial charge in [-0.25, -0.2) is 8.42 Å². The van der Waals surface area contributed by atoms with E-state index in [1.165, 1.54) is 30.3 Å². The molecule has 56 heavy (non-hydrogen) atoms. The van der Waals surface area contributed by atoms with E-state index in [1.807, 2.05) is 67.6 Å². The molecule has 0 aliphatic rings. The number of hydrogen-bond acceptors (Lipinski definition) is 10. The number of anilines is 2. The molecule has 2 aromatic heterocycles. The molecule has 7 rings (SSSR count). The van der Waals surface area contributed by atoms with E-state index < -0.39 is 39.1 Å². The molecule has 1 amide bonds. The lowest BCUT2D eigenvalue weighted by Crippen LogP contribution is -2.43. The number of benzene rings is 5. The van der Waals surface area contributed by atoms with Crippen LogP contribution in [0.4, 0.5) is 11.4 Å². The lowest BCUT2D eigenvalue weighted by Gasteiger charge is -2.18. The zero-order chi connectivity index (χ0) is 40.1. The molecule has 2 atom stereocenters. The monoisotopic (exact) mass is 814 g/mol. The van der Waals surface area contributed by atoms with Crippen molar-refractivity contribution in [3.8, 4) is 11.5 Å². The van der Waals surface area contributed by atoms with Crippen molar-refractivity contribution < 1.29 is 31.1 Å². The van der Waals surface area contributed by atoms with E-state index >= 15 is 0 Å². The molecule has 0 saturated heterocycles. The molecule has 0 aliphatic carbocycles. The van der Waals surface area contributed by atoms with Crippen LogP contribution >= 0.6 is 12.2 Å². The first-order valence-electron chi connectivity index (χ1n) is 16.9. The van der Waals surface area contributed by atoms with Gasteiger partial charge in [-0.05, 0) is 98.9 Å². The average molecular weight is 815 g/mol. The molecule has 2 unspecified atom stereocenters. The number of Topliss-reactive ketones (excluding diaryl/α,β-unsaturated/α-hetero) is 1. The number of amides is 1. The predicted molar refractivity (Wildman–Crippen MR) is 220 cm³/mol. The SMILES string of the molecule is CCNC(=O)C(Oc1cccc(NS(=O)Oc2ccc(C)cc2)c1)C(=O)c1ccc(NS(C)(=O)=O)cc1.S=c1[nH]c2ccccc2[nH]1.c1ccc2n[nH]nc2c1. The van der Waals surface area contributed by atoms with Gasteiger partial charge in [0.25, 0.3) is 5.91 Å². The third-order valence-corrected chi connectivity index (χ3v) is 8.98. The van der Waals surface area contributed by atoms with Crippen molar-refractivity contribution in [2.24, 2.45) is 0 Å². The molecule has 15 nitrogen and oxygen atoms in total.